The summed E-state index contributed by atoms with van der Waals surface area (Å²) in [6.07, 6.45) is 0. The van der Waals surface area contributed by atoms with Crippen LogP contribution in [0.1, 0.15) is 22.0 Å². The Balaban J connectivity index is 1.90. The monoisotopic (exact) mass is 267 g/mol. The lowest BCUT2D eigenvalue weighted by molar-refractivity contribution is -0.137. The summed E-state index contributed by atoms with van der Waals surface area (Å²) in [5.41, 5.74) is 1.36. The highest BCUT2D eigenvalue weighted by molar-refractivity contribution is 6.00. The fourth-order valence-corrected chi connectivity index (χ4v) is 2.46. The number of benzene rings is 2. The molecule has 0 aromatic heterocycles. The quantitative estimate of drug-likeness (QED) is 0.868. The van der Waals surface area contributed by atoms with Gasteiger partial charge in [0.15, 0.2) is 6.04 Å². The van der Waals surface area contributed by atoms with E-state index in [0.29, 0.717) is 5.56 Å². The minimum Gasteiger partial charge on any atom is -0.480 e. The SMILES string of the molecule is O=C(O)C1C(c2ccccc2)N1C(=O)c1ccccc1. The molecular weight excluding hydrogens is 254 g/mol. The molecule has 1 aliphatic rings. The second-order valence-corrected chi connectivity index (χ2v) is 4.72. The summed E-state index contributed by atoms with van der Waals surface area (Å²) in [6.45, 7) is 0. The molecule has 1 fully saturated rings. The van der Waals surface area contributed by atoms with Crippen LogP contribution < -0.4 is 0 Å². The molecule has 4 nitrogen and oxygen atoms in total. The van der Waals surface area contributed by atoms with E-state index in [4.69, 9.17) is 0 Å². The topological polar surface area (TPSA) is 57.4 Å². The first-order valence-electron chi connectivity index (χ1n) is 6.35. The highest BCUT2D eigenvalue weighted by atomic mass is 16.4. The lowest BCUT2D eigenvalue weighted by atomic mass is 10.1. The van der Waals surface area contributed by atoms with Crippen molar-refractivity contribution in [2.45, 2.75) is 12.1 Å². The number of hydrogen-bond donors (Lipinski definition) is 1. The second kappa shape index (κ2) is 4.81. The molecule has 0 saturated carbocycles. The van der Waals surface area contributed by atoms with Crippen LogP contribution in [0.4, 0.5) is 0 Å². The van der Waals surface area contributed by atoms with E-state index >= 15 is 0 Å². The molecule has 1 heterocycles. The summed E-state index contributed by atoms with van der Waals surface area (Å²) in [7, 11) is 0. The number of carboxylic acid groups (broad SMARTS) is 1. The predicted molar refractivity (Wildman–Crippen MR) is 73.2 cm³/mol. The van der Waals surface area contributed by atoms with Gasteiger partial charge in [-0.3, -0.25) is 4.79 Å². The van der Waals surface area contributed by atoms with Crippen molar-refractivity contribution in [1.82, 2.24) is 4.90 Å². The Labute approximate surface area is 116 Å². The average molecular weight is 267 g/mol. The van der Waals surface area contributed by atoms with Crippen LogP contribution >= 0.6 is 0 Å². The Morgan fingerprint density at radius 3 is 2.00 bits per heavy atom. The number of nitrogens with zero attached hydrogens (tertiary/aromatic N) is 1. The molecule has 2 atom stereocenters. The van der Waals surface area contributed by atoms with Gasteiger partial charge in [0.25, 0.3) is 5.91 Å². The van der Waals surface area contributed by atoms with Crippen molar-refractivity contribution >= 4 is 11.9 Å². The van der Waals surface area contributed by atoms with Gasteiger partial charge >= 0.3 is 5.97 Å². The molecule has 1 amide bonds. The van der Waals surface area contributed by atoms with Gasteiger partial charge in [-0.15, -0.1) is 0 Å². The van der Waals surface area contributed by atoms with Gasteiger partial charge in [-0.1, -0.05) is 48.5 Å². The largest absolute Gasteiger partial charge is 0.480 e. The first kappa shape index (κ1) is 12.4. The molecule has 0 radical (unpaired) electrons. The van der Waals surface area contributed by atoms with Crippen molar-refractivity contribution < 1.29 is 14.7 Å². The van der Waals surface area contributed by atoms with Crippen molar-refractivity contribution in [3.8, 4) is 0 Å². The summed E-state index contributed by atoms with van der Waals surface area (Å²) in [4.78, 5) is 25.1. The lowest BCUT2D eigenvalue weighted by Gasteiger charge is -2.04. The molecular formula is C16H13NO3. The van der Waals surface area contributed by atoms with Gasteiger partial charge in [-0.05, 0) is 17.7 Å². The molecule has 0 spiro atoms. The first-order valence-corrected chi connectivity index (χ1v) is 6.35. The van der Waals surface area contributed by atoms with Gasteiger partial charge < -0.3 is 10.0 Å². The molecule has 3 rings (SSSR count). The van der Waals surface area contributed by atoms with E-state index in [1.54, 1.807) is 24.3 Å². The van der Waals surface area contributed by atoms with Crippen molar-refractivity contribution in [1.29, 1.82) is 0 Å². The van der Waals surface area contributed by atoms with Crippen LogP contribution in [0.2, 0.25) is 0 Å². The number of rotatable bonds is 3. The Hall–Kier alpha value is -2.62. The molecule has 1 N–H and O–H groups in total. The molecule has 0 bridgehead atoms. The van der Waals surface area contributed by atoms with Crippen LogP contribution in [0.5, 0.6) is 0 Å². The van der Waals surface area contributed by atoms with E-state index in [1.807, 2.05) is 36.4 Å². The Kier molecular flexibility index (Phi) is 2.99. The third-order valence-electron chi connectivity index (χ3n) is 3.46. The molecule has 0 aliphatic carbocycles. The summed E-state index contributed by atoms with van der Waals surface area (Å²) < 4.78 is 0. The smallest absolute Gasteiger partial charge is 0.328 e. The minimum absolute atomic E-state index is 0.244. The van der Waals surface area contributed by atoms with Gasteiger partial charge in [0, 0.05) is 5.56 Å². The summed E-state index contributed by atoms with van der Waals surface area (Å²) >= 11 is 0. The molecule has 2 aromatic carbocycles. The van der Waals surface area contributed by atoms with E-state index in [0.717, 1.165) is 5.56 Å². The standard InChI is InChI=1S/C16H13NO3/c18-15(12-9-5-2-6-10-12)17-13(14(17)16(19)20)11-7-3-1-4-8-11/h1-10,13-14H,(H,19,20). The second-order valence-electron chi connectivity index (χ2n) is 4.72. The lowest BCUT2D eigenvalue weighted by Crippen LogP contribution is -2.18. The highest BCUT2D eigenvalue weighted by Gasteiger charge is 2.56. The Morgan fingerprint density at radius 1 is 0.900 bits per heavy atom. The van der Waals surface area contributed by atoms with Crippen LogP contribution in [0.15, 0.2) is 60.7 Å². The number of amides is 1. The molecule has 100 valence electrons. The maximum Gasteiger partial charge on any atom is 0.328 e. The maximum atomic E-state index is 12.4. The summed E-state index contributed by atoms with van der Waals surface area (Å²) in [5, 5.41) is 9.26. The van der Waals surface area contributed by atoms with Gasteiger partial charge in [-0.2, -0.15) is 0 Å². The molecule has 2 aromatic rings. The maximum absolute atomic E-state index is 12.4. The number of hydrogen-bond acceptors (Lipinski definition) is 2. The van der Waals surface area contributed by atoms with Crippen LogP contribution in [0.25, 0.3) is 0 Å². The molecule has 4 heteroatoms. The van der Waals surface area contributed by atoms with E-state index in [9.17, 15) is 14.7 Å². The van der Waals surface area contributed by atoms with E-state index in [1.165, 1.54) is 4.90 Å². The van der Waals surface area contributed by atoms with Crippen molar-refractivity contribution in [2.75, 3.05) is 0 Å². The van der Waals surface area contributed by atoms with Crippen LogP contribution in [0.3, 0.4) is 0 Å². The van der Waals surface area contributed by atoms with Gasteiger partial charge in [0.05, 0.1) is 6.04 Å². The zero-order valence-electron chi connectivity index (χ0n) is 10.6. The summed E-state index contributed by atoms with van der Waals surface area (Å²) in [5.74, 6) is -1.21. The average Bonchev–Trinajstić information content (AvgIpc) is 3.24. The number of carbonyl (C=O) groups excluding carboxylic acids is 1. The molecule has 2 unspecified atom stereocenters. The van der Waals surface area contributed by atoms with Crippen LogP contribution in [-0.4, -0.2) is 27.9 Å². The minimum atomic E-state index is -0.969. The van der Waals surface area contributed by atoms with Crippen LogP contribution in [-0.2, 0) is 4.79 Å². The van der Waals surface area contributed by atoms with Gasteiger partial charge in [-0.25, -0.2) is 4.79 Å². The zero-order chi connectivity index (χ0) is 14.1. The fraction of sp³-hybridized carbons (Fsp3) is 0.125. The van der Waals surface area contributed by atoms with Gasteiger partial charge in [0.2, 0.25) is 0 Å². The number of carboxylic acids is 1. The third-order valence-corrected chi connectivity index (χ3v) is 3.46. The summed E-state index contributed by atoms with van der Waals surface area (Å²) in [6, 6.07) is 16.9. The Bertz CT molecular complexity index is 639. The van der Waals surface area contributed by atoms with E-state index in [-0.39, 0.29) is 11.9 Å². The Morgan fingerprint density at radius 2 is 1.45 bits per heavy atom. The normalized spacial score (nSPS) is 20.5. The van der Waals surface area contributed by atoms with Crippen molar-refractivity contribution in [2.24, 2.45) is 0 Å². The molecule has 1 saturated heterocycles. The van der Waals surface area contributed by atoms with E-state index in [2.05, 4.69) is 0 Å². The molecule has 20 heavy (non-hydrogen) atoms. The zero-order valence-corrected chi connectivity index (χ0v) is 10.6. The predicted octanol–water partition coefficient (Wildman–Crippen LogP) is 2.34. The van der Waals surface area contributed by atoms with Crippen molar-refractivity contribution in [3.05, 3.63) is 71.8 Å². The molecule has 1 aliphatic heterocycles. The highest BCUT2D eigenvalue weighted by Crippen LogP contribution is 2.44. The third kappa shape index (κ3) is 2.05. The number of aliphatic carboxylic acids is 1. The number of carbonyl (C=O) groups is 2. The first-order chi connectivity index (χ1) is 9.70. The van der Waals surface area contributed by atoms with Gasteiger partial charge in [0.1, 0.15) is 0 Å². The van der Waals surface area contributed by atoms with Crippen LogP contribution in [0, 0.1) is 0 Å². The van der Waals surface area contributed by atoms with Crippen molar-refractivity contribution in [3.63, 3.8) is 0 Å². The fourth-order valence-electron chi connectivity index (χ4n) is 2.46. The van der Waals surface area contributed by atoms with E-state index < -0.39 is 12.0 Å².